The molecule has 0 unspecified atom stereocenters. The Kier molecular flexibility index (Phi) is 4.01. The van der Waals surface area contributed by atoms with Crippen LogP contribution in [0.15, 0.2) is 24.4 Å². The standard InChI is InChI=1S/C21H25N5O2/c1-14-9-19(25-5-7-28-8-6-25)24-20(10-14)26-13-21(3-4-21)16-12-22-18(11-17(16)26)23-15(2)27/h9-12H,3-8,13H2,1-2H3,(H,22,23,27). The van der Waals surface area contributed by atoms with Crippen LogP contribution in [0.25, 0.3) is 0 Å². The molecule has 2 aromatic rings. The maximum Gasteiger partial charge on any atom is 0.222 e. The zero-order chi connectivity index (χ0) is 19.3. The lowest BCUT2D eigenvalue weighted by atomic mass is 10.0. The van der Waals surface area contributed by atoms with Gasteiger partial charge in [0, 0.05) is 49.8 Å². The SMILES string of the molecule is CC(=O)Nc1cc2c(cn1)C1(CC1)CN2c1cc(C)cc(N2CCOCC2)n1. The van der Waals surface area contributed by atoms with E-state index >= 15 is 0 Å². The molecule has 2 aliphatic heterocycles. The number of pyridine rings is 2. The Labute approximate surface area is 164 Å². The van der Waals surface area contributed by atoms with Crippen LogP contribution >= 0.6 is 0 Å². The first kappa shape index (κ1) is 17.4. The van der Waals surface area contributed by atoms with Gasteiger partial charge < -0.3 is 19.9 Å². The zero-order valence-electron chi connectivity index (χ0n) is 16.4. The van der Waals surface area contributed by atoms with Crippen LogP contribution in [0.2, 0.25) is 0 Å². The first-order chi connectivity index (χ1) is 13.5. The fourth-order valence-corrected chi connectivity index (χ4v) is 4.30. The van der Waals surface area contributed by atoms with Crippen LogP contribution in [0, 0.1) is 6.92 Å². The Bertz CT molecular complexity index is 934. The molecule has 146 valence electrons. The van der Waals surface area contributed by atoms with E-state index in [1.54, 1.807) is 0 Å². The lowest BCUT2D eigenvalue weighted by Gasteiger charge is -2.29. The molecular formula is C21H25N5O2. The van der Waals surface area contributed by atoms with Gasteiger partial charge in [-0.15, -0.1) is 0 Å². The number of anilines is 4. The lowest BCUT2D eigenvalue weighted by Crippen LogP contribution is -2.37. The highest BCUT2D eigenvalue weighted by Gasteiger charge is 2.52. The molecule has 1 saturated heterocycles. The molecule has 2 fully saturated rings. The second kappa shape index (κ2) is 6.44. The van der Waals surface area contributed by atoms with Gasteiger partial charge in [0.25, 0.3) is 0 Å². The summed E-state index contributed by atoms with van der Waals surface area (Å²) in [5.41, 5.74) is 3.78. The van der Waals surface area contributed by atoms with E-state index < -0.39 is 0 Å². The zero-order valence-corrected chi connectivity index (χ0v) is 16.4. The van der Waals surface area contributed by atoms with Gasteiger partial charge in [-0.25, -0.2) is 9.97 Å². The van der Waals surface area contributed by atoms with Crippen LogP contribution in [-0.4, -0.2) is 48.7 Å². The molecule has 0 bridgehead atoms. The number of morpholine rings is 1. The number of rotatable bonds is 3. The summed E-state index contributed by atoms with van der Waals surface area (Å²) in [5, 5.41) is 2.81. The van der Waals surface area contributed by atoms with Crippen molar-refractivity contribution in [2.75, 3.05) is 48.0 Å². The van der Waals surface area contributed by atoms with Crippen LogP contribution in [0.4, 0.5) is 23.1 Å². The molecule has 0 aromatic carbocycles. The summed E-state index contributed by atoms with van der Waals surface area (Å²) in [6.45, 7) is 7.77. The third-order valence-electron chi connectivity index (χ3n) is 5.92. The van der Waals surface area contributed by atoms with E-state index in [1.807, 2.05) is 12.3 Å². The van der Waals surface area contributed by atoms with Crippen molar-refractivity contribution in [3.05, 3.63) is 35.5 Å². The summed E-state index contributed by atoms with van der Waals surface area (Å²) in [6.07, 6.45) is 4.30. The van der Waals surface area contributed by atoms with Crippen molar-refractivity contribution in [1.29, 1.82) is 0 Å². The normalized spacial score (nSPS) is 19.6. The van der Waals surface area contributed by atoms with Gasteiger partial charge in [0.15, 0.2) is 0 Å². The number of nitrogens with zero attached hydrogens (tertiary/aromatic N) is 4. The van der Waals surface area contributed by atoms with E-state index in [2.05, 4.69) is 39.2 Å². The van der Waals surface area contributed by atoms with E-state index in [1.165, 1.54) is 30.9 Å². The quantitative estimate of drug-likeness (QED) is 0.884. The van der Waals surface area contributed by atoms with Crippen molar-refractivity contribution in [1.82, 2.24) is 9.97 Å². The molecule has 1 spiro atoms. The van der Waals surface area contributed by atoms with Gasteiger partial charge in [-0.05, 0) is 37.5 Å². The van der Waals surface area contributed by atoms with Crippen molar-refractivity contribution in [3.8, 4) is 0 Å². The molecule has 1 saturated carbocycles. The van der Waals surface area contributed by atoms with Gasteiger partial charge in [0.05, 0.1) is 18.9 Å². The summed E-state index contributed by atoms with van der Waals surface area (Å²) in [4.78, 5) is 25.5. The van der Waals surface area contributed by atoms with E-state index in [4.69, 9.17) is 9.72 Å². The molecule has 28 heavy (non-hydrogen) atoms. The monoisotopic (exact) mass is 379 g/mol. The average molecular weight is 379 g/mol. The highest BCUT2D eigenvalue weighted by atomic mass is 16.5. The minimum absolute atomic E-state index is 0.110. The maximum absolute atomic E-state index is 11.5. The Hall–Kier alpha value is -2.67. The fourth-order valence-electron chi connectivity index (χ4n) is 4.30. The molecule has 2 aromatic heterocycles. The molecule has 4 heterocycles. The van der Waals surface area contributed by atoms with Gasteiger partial charge >= 0.3 is 0 Å². The van der Waals surface area contributed by atoms with E-state index in [-0.39, 0.29) is 11.3 Å². The minimum atomic E-state index is -0.110. The van der Waals surface area contributed by atoms with Crippen molar-refractivity contribution < 1.29 is 9.53 Å². The van der Waals surface area contributed by atoms with Gasteiger partial charge in [-0.3, -0.25) is 4.79 Å². The first-order valence-corrected chi connectivity index (χ1v) is 9.91. The van der Waals surface area contributed by atoms with Crippen LogP contribution in [0.1, 0.15) is 30.9 Å². The van der Waals surface area contributed by atoms with Crippen molar-refractivity contribution in [2.45, 2.75) is 32.1 Å². The van der Waals surface area contributed by atoms with Gasteiger partial charge in [0.1, 0.15) is 17.5 Å². The third-order valence-corrected chi connectivity index (χ3v) is 5.92. The van der Waals surface area contributed by atoms with Gasteiger partial charge in [-0.2, -0.15) is 0 Å². The second-order valence-electron chi connectivity index (χ2n) is 8.09. The van der Waals surface area contributed by atoms with Crippen LogP contribution in [0.5, 0.6) is 0 Å². The number of hydrogen-bond donors (Lipinski definition) is 1. The number of fused-ring (bicyclic) bond motifs is 2. The van der Waals surface area contributed by atoms with Crippen LogP contribution in [-0.2, 0) is 14.9 Å². The Morgan fingerprint density at radius 2 is 1.93 bits per heavy atom. The molecule has 1 aliphatic carbocycles. The number of carbonyl (C=O) groups is 1. The molecule has 1 amide bonds. The van der Waals surface area contributed by atoms with E-state index in [0.29, 0.717) is 5.82 Å². The summed E-state index contributed by atoms with van der Waals surface area (Å²) < 4.78 is 5.49. The lowest BCUT2D eigenvalue weighted by molar-refractivity contribution is -0.114. The van der Waals surface area contributed by atoms with Crippen LogP contribution in [0.3, 0.4) is 0 Å². The minimum Gasteiger partial charge on any atom is -0.378 e. The van der Waals surface area contributed by atoms with E-state index in [9.17, 15) is 4.79 Å². The number of aromatic nitrogens is 2. The topological polar surface area (TPSA) is 70.6 Å². The molecule has 7 nitrogen and oxygen atoms in total. The second-order valence-corrected chi connectivity index (χ2v) is 8.09. The number of nitrogens with one attached hydrogen (secondary N) is 1. The predicted octanol–water partition coefficient (Wildman–Crippen LogP) is 2.76. The van der Waals surface area contributed by atoms with E-state index in [0.717, 1.165) is 50.2 Å². The van der Waals surface area contributed by atoms with Crippen LogP contribution < -0.4 is 15.1 Å². The number of hydrogen-bond acceptors (Lipinski definition) is 6. The Morgan fingerprint density at radius 1 is 1.18 bits per heavy atom. The average Bonchev–Trinajstić information content (AvgIpc) is 3.39. The number of amides is 1. The van der Waals surface area contributed by atoms with Gasteiger partial charge in [0.2, 0.25) is 5.91 Å². The number of aryl methyl sites for hydroxylation is 1. The maximum atomic E-state index is 11.5. The summed E-state index contributed by atoms with van der Waals surface area (Å²) >= 11 is 0. The third kappa shape index (κ3) is 2.99. The Morgan fingerprint density at radius 3 is 2.64 bits per heavy atom. The molecular weight excluding hydrogens is 354 g/mol. The molecule has 0 atom stereocenters. The first-order valence-electron chi connectivity index (χ1n) is 9.91. The number of ether oxygens (including phenoxy) is 1. The fraction of sp³-hybridized carbons (Fsp3) is 0.476. The molecule has 1 N–H and O–H groups in total. The van der Waals surface area contributed by atoms with Crippen molar-refractivity contribution in [3.63, 3.8) is 0 Å². The largest absolute Gasteiger partial charge is 0.378 e. The highest BCUT2D eigenvalue weighted by molar-refractivity contribution is 5.89. The summed E-state index contributed by atoms with van der Waals surface area (Å²) in [6, 6.07) is 6.28. The summed E-state index contributed by atoms with van der Waals surface area (Å²) in [5.74, 6) is 2.45. The van der Waals surface area contributed by atoms with Crippen molar-refractivity contribution in [2.24, 2.45) is 0 Å². The van der Waals surface area contributed by atoms with Gasteiger partial charge in [-0.1, -0.05) is 0 Å². The molecule has 3 aliphatic rings. The molecule has 0 radical (unpaired) electrons. The highest BCUT2D eigenvalue weighted by Crippen LogP contribution is 2.58. The van der Waals surface area contributed by atoms with Crippen molar-refractivity contribution >= 4 is 29.0 Å². The summed E-state index contributed by atoms with van der Waals surface area (Å²) in [7, 11) is 0. The molecule has 7 heteroatoms. The predicted molar refractivity (Wildman–Crippen MR) is 108 cm³/mol. The Balaban J connectivity index is 1.54. The molecule has 5 rings (SSSR count). The number of carbonyl (C=O) groups excluding carboxylic acids is 1. The smallest absolute Gasteiger partial charge is 0.222 e.